The summed E-state index contributed by atoms with van der Waals surface area (Å²) in [6.07, 6.45) is 1.84. The number of rotatable bonds is 13. The van der Waals surface area contributed by atoms with Crippen molar-refractivity contribution in [2.75, 3.05) is 0 Å². The van der Waals surface area contributed by atoms with Gasteiger partial charge in [-0.1, -0.05) is 394 Å². The normalized spacial score (nSPS) is 11.3. The molecule has 0 spiro atoms. The molecule has 127 heavy (non-hydrogen) atoms. The van der Waals surface area contributed by atoms with Gasteiger partial charge in [0.2, 0.25) is 0 Å². The van der Waals surface area contributed by atoms with Crippen LogP contribution in [0.3, 0.4) is 0 Å². The van der Waals surface area contributed by atoms with Gasteiger partial charge in [0.15, 0.2) is 52.4 Å². The van der Waals surface area contributed by atoms with Crippen LogP contribution in [0, 0.1) is 0 Å². The first-order chi connectivity index (χ1) is 62.9. The Morgan fingerprint density at radius 1 is 0.126 bits per heavy atom. The van der Waals surface area contributed by atoms with E-state index < -0.39 is 0 Å². The van der Waals surface area contributed by atoms with Crippen LogP contribution in [0.1, 0.15) is 0 Å². The Bertz CT molecular complexity index is 7940. The third kappa shape index (κ3) is 15.1. The lowest BCUT2D eigenvalue weighted by Gasteiger charge is -2.13. The lowest BCUT2D eigenvalue weighted by molar-refractivity contribution is 1.05. The molecule has 5 aromatic heterocycles. The molecular weight excluding hydrogens is 1550 g/mol. The summed E-state index contributed by atoms with van der Waals surface area (Å²) in [6, 6.07) is 156. The van der Waals surface area contributed by atoms with E-state index in [0.717, 1.165) is 89.2 Å². The monoisotopic (exact) mass is 1620 g/mol. The fourth-order valence-electron chi connectivity index (χ4n) is 17.4. The maximum atomic E-state index is 4.95. The molecule has 0 amide bonds. The van der Waals surface area contributed by atoms with Crippen LogP contribution in [0.4, 0.5) is 0 Å². The van der Waals surface area contributed by atoms with Crippen molar-refractivity contribution in [2.24, 2.45) is 0 Å². The van der Waals surface area contributed by atoms with Crippen molar-refractivity contribution in [3.05, 3.63) is 455 Å². The van der Waals surface area contributed by atoms with Crippen molar-refractivity contribution >= 4 is 86.4 Å². The molecule has 0 aliphatic heterocycles. The molecular formula is C116H75N11. The number of benzene rings is 19. The summed E-state index contributed by atoms with van der Waals surface area (Å²) < 4.78 is 2.20. The minimum atomic E-state index is 0.592. The quantitative estimate of drug-likeness (QED) is 0.103. The molecule has 0 atom stereocenters. The Labute approximate surface area is 732 Å². The van der Waals surface area contributed by atoms with Crippen LogP contribution in [0.15, 0.2) is 455 Å². The number of nitrogens with zero attached hydrogens (tertiary/aromatic N) is 11. The SMILES string of the molecule is c1ccc(-c2nc(-c3ccccc3)nc(-c3ccc(-n4c5ccccc5c5ccccc54)nc3)n2)cc1.c1ccc(-c2nc(-c3ccccc3)nc(-c3cccc(-c4ccc5c6ccccc6c6ccccc6c5c4)c3)n2)cc1.c1ccc(-c2nc(-c3ccccc3)nc(-c3cccc(-c4cccc(-c5ccc6c7ccccc7c7ccccc7c6c5)c4)c3)n2)cc1. The van der Waals surface area contributed by atoms with Crippen LogP contribution in [0.25, 0.3) is 228 Å². The highest BCUT2D eigenvalue weighted by atomic mass is 15.1. The maximum Gasteiger partial charge on any atom is 0.165 e. The first-order valence-electron chi connectivity index (χ1n) is 42.5. The van der Waals surface area contributed by atoms with Gasteiger partial charge >= 0.3 is 0 Å². The van der Waals surface area contributed by atoms with Gasteiger partial charge in [-0.05, 0) is 153 Å². The second-order valence-electron chi connectivity index (χ2n) is 31.3. The second kappa shape index (κ2) is 33.6. The summed E-state index contributed by atoms with van der Waals surface area (Å²) in [5, 5.41) is 17.7. The van der Waals surface area contributed by atoms with Gasteiger partial charge in [0, 0.05) is 67.0 Å². The lowest BCUT2D eigenvalue weighted by atomic mass is 9.91. The van der Waals surface area contributed by atoms with Crippen molar-refractivity contribution < 1.29 is 0 Å². The van der Waals surface area contributed by atoms with Gasteiger partial charge in [0.25, 0.3) is 0 Å². The number of hydrogen-bond donors (Lipinski definition) is 0. The molecule has 11 heteroatoms. The zero-order valence-electron chi connectivity index (χ0n) is 68.7. The largest absolute Gasteiger partial charge is 0.294 e. The van der Waals surface area contributed by atoms with E-state index in [1.165, 1.54) is 86.5 Å². The van der Waals surface area contributed by atoms with Gasteiger partial charge in [0.05, 0.1) is 11.0 Å². The molecule has 0 bridgehead atoms. The van der Waals surface area contributed by atoms with E-state index in [9.17, 15) is 0 Å². The third-order valence-electron chi connectivity index (χ3n) is 23.5. The van der Waals surface area contributed by atoms with Crippen LogP contribution in [0.2, 0.25) is 0 Å². The molecule has 5 heterocycles. The van der Waals surface area contributed by atoms with Crippen molar-refractivity contribution in [1.82, 2.24) is 54.4 Å². The minimum Gasteiger partial charge on any atom is -0.294 e. The Balaban J connectivity index is 0.000000113. The molecule has 0 aliphatic rings. The maximum absolute atomic E-state index is 4.95. The summed E-state index contributed by atoms with van der Waals surface area (Å²) in [5.41, 5.74) is 17.6. The van der Waals surface area contributed by atoms with E-state index in [1.807, 2.05) is 200 Å². The van der Waals surface area contributed by atoms with Gasteiger partial charge in [-0.2, -0.15) is 0 Å². The van der Waals surface area contributed by atoms with Crippen LogP contribution < -0.4 is 0 Å². The summed E-state index contributed by atoms with van der Waals surface area (Å²) in [6.45, 7) is 0. The molecule has 0 saturated heterocycles. The zero-order chi connectivity index (χ0) is 84.4. The third-order valence-corrected chi connectivity index (χ3v) is 23.5. The van der Waals surface area contributed by atoms with E-state index in [2.05, 4.69) is 259 Å². The van der Waals surface area contributed by atoms with Crippen LogP contribution >= 0.6 is 0 Å². The molecule has 0 unspecified atom stereocenters. The number of fused-ring (bicyclic) bond motifs is 15. The predicted octanol–water partition coefficient (Wildman–Crippen LogP) is 29.0. The molecule has 19 aromatic carbocycles. The Morgan fingerprint density at radius 2 is 0.323 bits per heavy atom. The number of para-hydroxylation sites is 2. The van der Waals surface area contributed by atoms with Crippen molar-refractivity contribution in [2.45, 2.75) is 0 Å². The predicted molar refractivity (Wildman–Crippen MR) is 522 cm³/mol. The van der Waals surface area contributed by atoms with E-state index in [0.29, 0.717) is 52.4 Å². The number of hydrogen-bond acceptors (Lipinski definition) is 10. The first kappa shape index (κ1) is 75.9. The highest BCUT2D eigenvalue weighted by Gasteiger charge is 2.21. The topological polar surface area (TPSA) is 134 Å². The lowest BCUT2D eigenvalue weighted by Crippen LogP contribution is -2.01. The van der Waals surface area contributed by atoms with Gasteiger partial charge < -0.3 is 0 Å². The smallest absolute Gasteiger partial charge is 0.165 e. The van der Waals surface area contributed by atoms with Crippen LogP contribution in [0.5, 0.6) is 0 Å². The summed E-state index contributed by atoms with van der Waals surface area (Å²) >= 11 is 0. The average molecular weight is 1620 g/mol. The molecule has 11 nitrogen and oxygen atoms in total. The zero-order valence-corrected chi connectivity index (χ0v) is 68.7. The van der Waals surface area contributed by atoms with Crippen molar-refractivity contribution in [3.8, 4) is 142 Å². The molecule has 594 valence electrons. The Morgan fingerprint density at radius 3 is 0.598 bits per heavy atom. The van der Waals surface area contributed by atoms with Gasteiger partial charge in [-0.3, -0.25) is 4.57 Å². The standard InChI is InChI=1S/C45H29N3.C39H25N3.C32H21N5/c1-3-13-30(14-4-1)43-46-44(31-15-5-2-6-16-31)48-45(47-43)36-20-12-19-34(28-36)32-17-11-18-33(27-32)35-25-26-41-39-23-8-7-21-37(39)38-22-9-10-24-40(38)42(41)29-35;1-3-12-26(13-4-1)37-40-38(27-14-5-2-6-15-27)42-39(41-37)30-17-11-16-28(24-30)29-22-23-35-33-20-8-7-18-31(33)32-19-9-10-21-34(32)36(35)25-29;1-3-11-22(12-4-1)30-34-31(23-13-5-2-6-14-23)36-32(35-30)24-19-20-29(33-21-24)37-27-17-9-7-15-25(27)26-16-8-10-18-28(26)37/h1-29H;1-25H;1-21H. The minimum absolute atomic E-state index is 0.592. The summed E-state index contributed by atoms with van der Waals surface area (Å²) in [5.74, 6) is 6.65. The van der Waals surface area contributed by atoms with Crippen LogP contribution in [-0.4, -0.2) is 54.4 Å². The van der Waals surface area contributed by atoms with Crippen LogP contribution in [-0.2, 0) is 0 Å². The molecule has 0 radical (unpaired) electrons. The Kier molecular flexibility index (Phi) is 20.1. The molecule has 0 N–H and O–H groups in total. The van der Waals surface area contributed by atoms with Crippen molar-refractivity contribution in [1.29, 1.82) is 0 Å². The molecule has 0 aliphatic carbocycles. The summed E-state index contributed by atoms with van der Waals surface area (Å²) in [4.78, 5) is 48.8. The fraction of sp³-hybridized carbons (Fsp3) is 0. The van der Waals surface area contributed by atoms with Gasteiger partial charge in [-0.25, -0.2) is 49.8 Å². The molecule has 24 rings (SSSR count). The highest BCUT2D eigenvalue weighted by Crippen LogP contribution is 2.42. The average Bonchev–Trinajstić information content (AvgIpc) is 0.952. The fourth-order valence-corrected chi connectivity index (χ4v) is 17.4. The van der Waals surface area contributed by atoms with E-state index in [-0.39, 0.29) is 0 Å². The van der Waals surface area contributed by atoms with E-state index in [4.69, 9.17) is 49.8 Å². The molecule has 24 aromatic rings. The van der Waals surface area contributed by atoms with Gasteiger partial charge in [0.1, 0.15) is 5.82 Å². The second-order valence-corrected chi connectivity index (χ2v) is 31.3. The van der Waals surface area contributed by atoms with Gasteiger partial charge in [-0.15, -0.1) is 0 Å². The first-order valence-corrected chi connectivity index (χ1v) is 42.5. The van der Waals surface area contributed by atoms with Crippen molar-refractivity contribution in [3.63, 3.8) is 0 Å². The van der Waals surface area contributed by atoms with E-state index >= 15 is 0 Å². The molecule has 0 saturated carbocycles. The Hall–Kier alpha value is -17.3. The van der Waals surface area contributed by atoms with E-state index in [1.54, 1.807) is 0 Å². The highest BCUT2D eigenvalue weighted by molar-refractivity contribution is 6.27. The number of aromatic nitrogens is 11. The molecule has 0 fully saturated rings. The number of pyridine rings is 1. The summed E-state index contributed by atoms with van der Waals surface area (Å²) in [7, 11) is 0.